The van der Waals surface area contributed by atoms with Crippen molar-refractivity contribution in [2.75, 3.05) is 0 Å². The Morgan fingerprint density at radius 3 is 2.95 bits per heavy atom. The Balaban J connectivity index is 2.13. The number of hydrogen-bond acceptors (Lipinski definition) is 4. The number of fused-ring (bicyclic) bond motifs is 1. The number of nitrogens with one attached hydrogen (secondary N) is 1. The minimum Gasteiger partial charge on any atom is -0.346 e. The van der Waals surface area contributed by atoms with Crippen molar-refractivity contribution in [3.63, 3.8) is 0 Å². The van der Waals surface area contributed by atoms with E-state index in [1.165, 1.54) is 6.33 Å². The molecule has 0 amide bonds. The molecule has 0 saturated heterocycles. The number of aromatic nitrogens is 6. The molecule has 3 rings (SSSR count). The second-order valence-corrected chi connectivity index (χ2v) is 4.58. The van der Waals surface area contributed by atoms with Gasteiger partial charge >= 0.3 is 0 Å². The van der Waals surface area contributed by atoms with Gasteiger partial charge in [-0.1, -0.05) is 12.2 Å². The summed E-state index contributed by atoms with van der Waals surface area (Å²) < 4.78 is 0. The fourth-order valence-electron chi connectivity index (χ4n) is 2.02. The monoisotopic (exact) mass is 254 g/mol. The topological polar surface area (TPSA) is 72.3 Å². The van der Waals surface area contributed by atoms with Crippen molar-refractivity contribution < 1.29 is 0 Å². The molecule has 0 saturated carbocycles. The molecule has 3 aromatic rings. The summed E-state index contributed by atoms with van der Waals surface area (Å²) in [6.45, 7) is 8.37. The normalized spacial score (nSPS) is 11.1. The molecular formula is C13H14N6. The summed E-state index contributed by atoms with van der Waals surface area (Å²) in [4.78, 5) is 13.2. The Morgan fingerprint density at radius 1 is 1.32 bits per heavy atom. The van der Waals surface area contributed by atoms with Crippen molar-refractivity contribution >= 4 is 11.0 Å². The zero-order valence-corrected chi connectivity index (χ0v) is 10.9. The summed E-state index contributed by atoms with van der Waals surface area (Å²) in [5.41, 5.74) is 4.25. The Labute approximate surface area is 110 Å². The van der Waals surface area contributed by atoms with Crippen LogP contribution in [0.5, 0.6) is 0 Å². The van der Waals surface area contributed by atoms with Crippen LogP contribution in [0.15, 0.2) is 30.7 Å². The van der Waals surface area contributed by atoms with Gasteiger partial charge in [0.1, 0.15) is 23.4 Å². The van der Waals surface area contributed by atoms with E-state index in [9.17, 15) is 0 Å². The van der Waals surface area contributed by atoms with E-state index in [0.717, 1.165) is 33.7 Å². The maximum absolute atomic E-state index is 4.49. The van der Waals surface area contributed by atoms with Crippen LogP contribution in [0, 0.1) is 6.92 Å². The van der Waals surface area contributed by atoms with Gasteiger partial charge in [-0.25, -0.2) is 9.97 Å². The molecule has 0 aromatic carbocycles. The number of aryl methyl sites for hydroxylation is 1. The standard InChI is InChI=1S/C13H14N6/c1-8(2)6-19-17-9(3)11(18-19)12-10-4-5-14-13(10)16-7-15-12/h4-5,7H,1,6H2,2-3H3,(H,14,15,16). The first-order valence-corrected chi connectivity index (χ1v) is 5.99. The van der Waals surface area contributed by atoms with Crippen molar-refractivity contribution in [3.8, 4) is 11.4 Å². The van der Waals surface area contributed by atoms with Gasteiger partial charge in [0.05, 0.1) is 12.2 Å². The summed E-state index contributed by atoms with van der Waals surface area (Å²) >= 11 is 0. The third kappa shape index (κ3) is 2.01. The van der Waals surface area contributed by atoms with E-state index in [4.69, 9.17) is 0 Å². The molecule has 19 heavy (non-hydrogen) atoms. The van der Waals surface area contributed by atoms with E-state index in [-0.39, 0.29) is 0 Å². The predicted molar refractivity (Wildman–Crippen MR) is 72.5 cm³/mol. The quantitative estimate of drug-likeness (QED) is 0.726. The molecule has 0 aliphatic heterocycles. The molecule has 0 aliphatic carbocycles. The van der Waals surface area contributed by atoms with Crippen LogP contribution in [-0.2, 0) is 6.54 Å². The van der Waals surface area contributed by atoms with E-state index in [0.29, 0.717) is 6.54 Å². The lowest BCUT2D eigenvalue weighted by atomic mass is 10.2. The first-order chi connectivity index (χ1) is 9.15. The van der Waals surface area contributed by atoms with Crippen LogP contribution in [0.4, 0.5) is 0 Å². The van der Waals surface area contributed by atoms with Gasteiger partial charge in [-0.2, -0.15) is 15.0 Å². The molecule has 6 nitrogen and oxygen atoms in total. The molecule has 0 radical (unpaired) electrons. The second kappa shape index (κ2) is 4.31. The molecule has 3 heterocycles. The molecule has 1 N–H and O–H groups in total. The maximum atomic E-state index is 4.49. The molecule has 3 aromatic heterocycles. The zero-order chi connectivity index (χ0) is 13.4. The highest BCUT2D eigenvalue weighted by Gasteiger charge is 2.14. The predicted octanol–water partition coefficient (Wildman–Crippen LogP) is 2.10. The lowest BCUT2D eigenvalue weighted by molar-refractivity contribution is 0.583. The van der Waals surface area contributed by atoms with Crippen molar-refractivity contribution in [1.29, 1.82) is 0 Å². The van der Waals surface area contributed by atoms with Gasteiger partial charge in [0, 0.05) is 11.6 Å². The van der Waals surface area contributed by atoms with E-state index >= 15 is 0 Å². The van der Waals surface area contributed by atoms with E-state index in [2.05, 4.69) is 31.7 Å². The van der Waals surface area contributed by atoms with Gasteiger partial charge in [0.2, 0.25) is 0 Å². The van der Waals surface area contributed by atoms with Gasteiger partial charge in [-0.3, -0.25) is 0 Å². The Hall–Kier alpha value is -2.50. The van der Waals surface area contributed by atoms with Crippen LogP contribution in [0.25, 0.3) is 22.4 Å². The molecule has 96 valence electrons. The Kier molecular flexibility index (Phi) is 2.63. The second-order valence-electron chi connectivity index (χ2n) is 4.58. The van der Waals surface area contributed by atoms with Gasteiger partial charge in [-0.15, -0.1) is 0 Å². The number of aromatic amines is 1. The van der Waals surface area contributed by atoms with E-state index in [1.807, 2.05) is 26.1 Å². The summed E-state index contributed by atoms with van der Waals surface area (Å²) in [5.74, 6) is 0. The molecule has 0 aliphatic rings. The van der Waals surface area contributed by atoms with Gasteiger partial charge in [0.25, 0.3) is 0 Å². The lowest BCUT2D eigenvalue weighted by Crippen LogP contribution is -2.03. The van der Waals surface area contributed by atoms with Gasteiger partial charge in [0.15, 0.2) is 0 Å². The first-order valence-electron chi connectivity index (χ1n) is 5.99. The van der Waals surface area contributed by atoms with Crippen LogP contribution in [0.3, 0.4) is 0 Å². The third-order valence-corrected chi connectivity index (χ3v) is 2.81. The summed E-state index contributed by atoms with van der Waals surface area (Å²) in [6.07, 6.45) is 3.38. The van der Waals surface area contributed by atoms with Gasteiger partial charge < -0.3 is 4.98 Å². The number of allylic oxidation sites excluding steroid dienone is 1. The van der Waals surface area contributed by atoms with Gasteiger partial charge in [-0.05, 0) is 19.9 Å². The fraction of sp³-hybridized carbons (Fsp3) is 0.231. The van der Waals surface area contributed by atoms with E-state index < -0.39 is 0 Å². The number of H-pyrrole nitrogens is 1. The van der Waals surface area contributed by atoms with Crippen LogP contribution in [0.2, 0.25) is 0 Å². The highest BCUT2D eigenvalue weighted by molar-refractivity contribution is 5.89. The van der Waals surface area contributed by atoms with Crippen molar-refractivity contribution in [2.45, 2.75) is 20.4 Å². The number of rotatable bonds is 3. The highest BCUT2D eigenvalue weighted by Crippen LogP contribution is 2.24. The largest absolute Gasteiger partial charge is 0.346 e. The molecule has 6 heteroatoms. The summed E-state index contributed by atoms with van der Waals surface area (Å²) in [5, 5.41) is 9.83. The molecule has 0 unspecified atom stereocenters. The maximum Gasteiger partial charge on any atom is 0.141 e. The van der Waals surface area contributed by atoms with Crippen molar-refractivity contribution in [1.82, 2.24) is 29.9 Å². The average molecular weight is 254 g/mol. The molecule has 0 spiro atoms. The Bertz CT molecular complexity index is 751. The van der Waals surface area contributed by atoms with Crippen LogP contribution < -0.4 is 0 Å². The van der Waals surface area contributed by atoms with Crippen molar-refractivity contribution in [2.24, 2.45) is 0 Å². The van der Waals surface area contributed by atoms with Crippen LogP contribution in [-0.4, -0.2) is 29.9 Å². The summed E-state index contributed by atoms with van der Waals surface area (Å²) in [7, 11) is 0. The highest BCUT2D eigenvalue weighted by atomic mass is 15.5. The number of hydrogen-bond donors (Lipinski definition) is 1. The van der Waals surface area contributed by atoms with Crippen LogP contribution >= 0.6 is 0 Å². The molecular weight excluding hydrogens is 240 g/mol. The van der Waals surface area contributed by atoms with E-state index in [1.54, 1.807) is 4.80 Å². The van der Waals surface area contributed by atoms with Crippen LogP contribution in [0.1, 0.15) is 12.6 Å². The summed E-state index contributed by atoms with van der Waals surface area (Å²) in [6, 6.07) is 1.95. The Morgan fingerprint density at radius 2 is 2.16 bits per heavy atom. The van der Waals surface area contributed by atoms with Crippen molar-refractivity contribution in [3.05, 3.63) is 36.4 Å². The lowest BCUT2D eigenvalue weighted by Gasteiger charge is -1.98. The minimum atomic E-state index is 0.613. The zero-order valence-electron chi connectivity index (χ0n) is 10.9. The first kappa shape index (κ1) is 11.6. The smallest absolute Gasteiger partial charge is 0.141 e. The fourth-order valence-corrected chi connectivity index (χ4v) is 2.02. The molecule has 0 atom stereocenters. The number of nitrogens with zero attached hydrogens (tertiary/aromatic N) is 5. The molecule has 0 fully saturated rings. The SMILES string of the molecule is C=C(C)Cn1nc(C)c(-c2ncnc3[nH]ccc23)n1. The average Bonchev–Trinajstić information content (AvgIpc) is 2.94. The minimum absolute atomic E-state index is 0.613. The third-order valence-electron chi connectivity index (χ3n) is 2.81. The molecule has 0 bridgehead atoms.